The fourth-order valence-electron chi connectivity index (χ4n) is 4.30. The van der Waals surface area contributed by atoms with Crippen LogP contribution in [0.4, 0.5) is 23.7 Å². The molecule has 0 radical (unpaired) electrons. The fourth-order valence-corrected chi connectivity index (χ4v) is 4.30. The van der Waals surface area contributed by atoms with Gasteiger partial charge in [-0.2, -0.15) is 23.0 Å². The number of aromatic nitrogens is 2. The average Bonchev–Trinajstić information content (AvgIpc) is 3.53. The van der Waals surface area contributed by atoms with Gasteiger partial charge in [-0.05, 0) is 55.3 Å². The molecule has 4 rings (SSSR count). The van der Waals surface area contributed by atoms with Gasteiger partial charge in [0.25, 0.3) is 5.91 Å². The van der Waals surface area contributed by atoms with Gasteiger partial charge >= 0.3 is 12.2 Å². The minimum atomic E-state index is -4.57. The molecule has 0 unspecified atom stereocenters. The van der Waals surface area contributed by atoms with Gasteiger partial charge < -0.3 is 15.7 Å². The molecule has 0 bridgehead atoms. The van der Waals surface area contributed by atoms with E-state index in [9.17, 15) is 27.9 Å². The van der Waals surface area contributed by atoms with E-state index in [-0.39, 0.29) is 35.0 Å². The number of benzene rings is 2. The van der Waals surface area contributed by atoms with Crippen molar-refractivity contribution in [2.75, 3.05) is 11.9 Å². The highest BCUT2D eigenvalue weighted by atomic mass is 19.4. The summed E-state index contributed by atoms with van der Waals surface area (Å²) in [7, 11) is 0. The van der Waals surface area contributed by atoms with E-state index in [0.717, 1.165) is 49.6 Å². The molecule has 1 aliphatic rings. The number of aromatic hydroxyl groups is 1. The third-order valence-electron chi connectivity index (χ3n) is 6.08. The Bertz CT molecular complexity index is 1290. The van der Waals surface area contributed by atoms with Gasteiger partial charge in [0.05, 0.1) is 17.0 Å². The Balaban J connectivity index is 1.64. The van der Waals surface area contributed by atoms with E-state index in [1.807, 2.05) is 0 Å². The summed E-state index contributed by atoms with van der Waals surface area (Å²) >= 11 is 0. The van der Waals surface area contributed by atoms with Gasteiger partial charge in [0.15, 0.2) is 0 Å². The van der Waals surface area contributed by atoms with E-state index in [4.69, 9.17) is 0 Å². The quantitative estimate of drug-likeness (QED) is 0.290. The smallest absolute Gasteiger partial charge is 0.416 e. The summed E-state index contributed by atoms with van der Waals surface area (Å²) in [6, 6.07) is 9.67. The average molecular weight is 499 g/mol. The number of phenolic OH excluding ortho intramolecular Hbond substituents is 1. The highest BCUT2D eigenvalue weighted by Gasteiger charge is 2.31. The van der Waals surface area contributed by atoms with Crippen LogP contribution in [0.5, 0.6) is 5.75 Å². The topological polar surface area (TPSA) is 96.3 Å². The second kappa shape index (κ2) is 10.3. The molecule has 2 amide bonds. The Hall–Kier alpha value is -4.08. The van der Waals surface area contributed by atoms with Crippen LogP contribution in [0, 0.1) is 0 Å². The molecular weight excluding hydrogens is 473 g/mol. The molecular formula is C26H25F3N4O3. The van der Waals surface area contributed by atoms with Gasteiger partial charge in [-0.15, -0.1) is 6.58 Å². The summed E-state index contributed by atoms with van der Waals surface area (Å²) in [5.74, 6) is -0.716. The van der Waals surface area contributed by atoms with E-state index in [1.165, 1.54) is 28.9 Å². The maximum Gasteiger partial charge on any atom is 0.416 e. The highest BCUT2D eigenvalue weighted by molar-refractivity contribution is 6.04. The SMILES string of the molecule is C=CCNC(=O)n1nc(-c2cc(NC(=O)c3cccc(C(F)(F)F)c3)ccc2O)cc1C1CCCC1. The normalized spacial score (nSPS) is 14.0. The lowest BCUT2D eigenvalue weighted by Crippen LogP contribution is -2.31. The zero-order valence-corrected chi connectivity index (χ0v) is 19.3. The van der Waals surface area contributed by atoms with Crippen molar-refractivity contribution in [3.8, 4) is 17.0 Å². The highest BCUT2D eigenvalue weighted by Crippen LogP contribution is 2.38. The number of hydrogen-bond acceptors (Lipinski definition) is 4. The minimum absolute atomic E-state index is 0.124. The van der Waals surface area contributed by atoms with Crippen LogP contribution < -0.4 is 10.6 Å². The van der Waals surface area contributed by atoms with Crippen LogP contribution in [0.15, 0.2) is 61.2 Å². The van der Waals surface area contributed by atoms with Gasteiger partial charge in [0.1, 0.15) is 5.75 Å². The summed E-state index contributed by atoms with van der Waals surface area (Å²) < 4.78 is 40.3. The number of amides is 2. The third kappa shape index (κ3) is 5.42. The molecule has 0 saturated heterocycles. The molecule has 10 heteroatoms. The number of anilines is 1. The number of alkyl halides is 3. The molecule has 1 aliphatic carbocycles. The number of rotatable bonds is 6. The first kappa shape index (κ1) is 25.0. The second-order valence-corrected chi connectivity index (χ2v) is 8.59. The maximum absolute atomic E-state index is 13.0. The maximum atomic E-state index is 13.0. The Labute approximate surface area is 205 Å². The van der Waals surface area contributed by atoms with E-state index < -0.39 is 23.7 Å². The third-order valence-corrected chi connectivity index (χ3v) is 6.08. The van der Waals surface area contributed by atoms with Gasteiger partial charge in [0, 0.05) is 29.3 Å². The number of nitrogens with one attached hydrogen (secondary N) is 2. The first-order valence-corrected chi connectivity index (χ1v) is 11.5. The molecule has 0 aliphatic heterocycles. The van der Waals surface area contributed by atoms with Crippen LogP contribution in [0.25, 0.3) is 11.3 Å². The van der Waals surface area contributed by atoms with Crippen molar-refractivity contribution >= 4 is 17.6 Å². The monoisotopic (exact) mass is 498 g/mol. The van der Waals surface area contributed by atoms with E-state index >= 15 is 0 Å². The van der Waals surface area contributed by atoms with Crippen molar-refractivity contribution in [1.82, 2.24) is 15.1 Å². The molecule has 36 heavy (non-hydrogen) atoms. The van der Waals surface area contributed by atoms with Gasteiger partial charge in [-0.25, -0.2) is 4.79 Å². The van der Waals surface area contributed by atoms with Crippen molar-refractivity contribution in [2.45, 2.75) is 37.8 Å². The minimum Gasteiger partial charge on any atom is -0.507 e. The van der Waals surface area contributed by atoms with Crippen molar-refractivity contribution in [3.05, 3.63) is 78.0 Å². The number of hydrogen-bond donors (Lipinski definition) is 3. The van der Waals surface area contributed by atoms with Crippen molar-refractivity contribution in [1.29, 1.82) is 0 Å². The molecule has 7 nitrogen and oxygen atoms in total. The van der Waals surface area contributed by atoms with Crippen LogP contribution in [0.3, 0.4) is 0 Å². The standard InChI is InChI=1S/C26H25F3N4O3/c1-2-12-30-25(36)33-22(16-6-3-4-7-16)15-21(32-33)20-14-19(10-11-23(20)34)31-24(35)17-8-5-9-18(13-17)26(27,28)29/h2,5,8-11,13-16,34H,1,3-4,6-7,12H2,(H,30,36)(H,31,35). The molecule has 0 spiro atoms. The van der Waals surface area contributed by atoms with Crippen molar-refractivity contribution < 1.29 is 27.9 Å². The van der Waals surface area contributed by atoms with Gasteiger partial charge in [-0.1, -0.05) is 25.0 Å². The molecule has 1 saturated carbocycles. The van der Waals surface area contributed by atoms with Crippen molar-refractivity contribution in [2.24, 2.45) is 0 Å². The lowest BCUT2D eigenvalue weighted by atomic mass is 10.0. The number of halogens is 3. The number of phenols is 1. The molecule has 1 heterocycles. The molecule has 1 aromatic heterocycles. The first-order chi connectivity index (χ1) is 17.2. The summed E-state index contributed by atoms with van der Waals surface area (Å²) in [5, 5.41) is 20.2. The Morgan fingerprint density at radius 2 is 1.89 bits per heavy atom. The molecule has 0 atom stereocenters. The van der Waals surface area contributed by atoms with E-state index in [0.29, 0.717) is 5.69 Å². The van der Waals surface area contributed by atoms with Crippen LogP contribution in [-0.4, -0.2) is 33.4 Å². The van der Waals surface area contributed by atoms with Gasteiger partial charge in [0.2, 0.25) is 0 Å². The lowest BCUT2D eigenvalue weighted by molar-refractivity contribution is -0.137. The Morgan fingerprint density at radius 1 is 1.14 bits per heavy atom. The Kier molecular flexibility index (Phi) is 7.14. The first-order valence-electron chi connectivity index (χ1n) is 11.5. The largest absolute Gasteiger partial charge is 0.507 e. The van der Waals surface area contributed by atoms with Crippen molar-refractivity contribution in [3.63, 3.8) is 0 Å². The number of carbonyl (C=O) groups is 2. The van der Waals surface area contributed by atoms with Crippen LogP contribution >= 0.6 is 0 Å². The van der Waals surface area contributed by atoms with Crippen LogP contribution in [0.2, 0.25) is 0 Å². The fraction of sp³-hybridized carbons (Fsp3) is 0.269. The van der Waals surface area contributed by atoms with Gasteiger partial charge in [-0.3, -0.25) is 4.79 Å². The van der Waals surface area contributed by atoms with Crippen LogP contribution in [-0.2, 0) is 6.18 Å². The second-order valence-electron chi connectivity index (χ2n) is 8.59. The molecule has 3 N–H and O–H groups in total. The molecule has 3 aromatic rings. The lowest BCUT2D eigenvalue weighted by Gasteiger charge is -2.11. The predicted molar refractivity (Wildman–Crippen MR) is 129 cm³/mol. The molecule has 2 aromatic carbocycles. The summed E-state index contributed by atoms with van der Waals surface area (Å²) in [4.78, 5) is 25.3. The summed E-state index contributed by atoms with van der Waals surface area (Å²) in [6.07, 6.45) is 0.900. The Morgan fingerprint density at radius 3 is 2.58 bits per heavy atom. The molecule has 188 valence electrons. The number of nitrogens with zero attached hydrogens (tertiary/aromatic N) is 2. The zero-order chi connectivity index (χ0) is 25.9. The summed E-state index contributed by atoms with van der Waals surface area (Å²) in [6.45, 7) is 3.86. The predicted octanol–water partition coefficient (Wildman–Crippen LogP) is 5.93. The van der Waals surface area contributed by atoms with E-state index in [1.54, 1.807) is 12.1 Å². The number of carbonyl (C=O) groups excluding carboxylic acids is 2. The summed E-state index contributed by atoms with van der Waals surface area (Å²) in [5.41, 5.74) is 0.484. The van der Waals surface area contributed by atoms with Crippen LogP contribution in [0.1, 0.15) is 53.2 Å². The van der Waals surface area contributed by atoms with E-state index in [2.05, 4.69) is 22.3 Å². The zero-order valence-electron chi connectivity index (χ0n) is 19.3. The molecule has 1 fully saturated rings.